The lowest BCUT2D eigenvalue weighted by Gasteiger charge is -2.32. The SMILES string of the molecule is CC[C@H]1N=Nc2ncc(B3OC(C)(C)C(C)(C)O3)cc21. The first-order valence-electron chi connectivity index (χ1n) is 7.10. The maximum atomic E-state index is 6.06. The molecule has 5 nitrogen and oxygen atoms in total. The van der Waals surface area contributed by atoms with Crippen molar-refractivity contribution < 1.29 is 9.31 Å². The van der Waals surface area contributed by atoms with Gasteiger partial charge in [0.25, 0.3) is 0 Å². The lowest BCUT2D eigenvalue weighted by molar-refractivity contribution is 0.00578. The molecule has 0 aliphatic carbocycles. The molecule has 2 aliphatic rings. The third kappa shape index (κ3) is 1.98. The fourth-order valence-corrected chi connectivity index (χ4v) is 2.42. The van der Waals surface area contributed by atoms with Gasteiger partial charge in [-0.3, -0.25) is 0 Å². The minimum Gasteiger partial charge on any atom is -0.399 e. The van der Waals surface area contributed by atoms with E-state index in [1.54, 1.807) is 6.20 Å². The second kappa shape index (κ2) is 4.36. The molecule has 3 heterocycles. The van der Waals surface area contributed by atoms with Crippen molar-refractivity contribution in [2.45, 2.75) is 58.3 Å². The molecule has 2 aliphatic heterocycles. The topological polar surface area (TPSA) is 56.1 Å². The van der Waals surface area contributed by atoms with Gasteiger partial charge in [-0.25, -0.2) is 4.98 Å². The molecule has 0 amide bonds. The Labute approximate surface area is 119 Å². The Kier molecular flexibility index (Phi) is 2.99. The monoisotopic (exact) mass is 273 g/mol. The van der Waals surface area contributed by atoms with Gasteiger partial charge in [-0.2, -0.15) is 5.11 Å². The van der Waals surface area contributed by atoms with Crippen LogP contribution in [0.5, 0.6) is 0 Å². The normalized spacial score (nSPS) is 26.1. The van der Waals surface area contributed by atoms with Crippen molar-refractivity contribution in [3.8, 4) is 0 Å². The van der Waals surface area contributed by atoms with Gasteiger partial charge in [0.1, 0.15) is 0 Å². The number of hydrogen-bond donors (Lipinski definition) is 0. The third-order valence-corrected chi connectivity index (χ3v) is 4.48. The summed E-state index contributed by atoms with van der Waals surface area (Å²) in [6.45, 7) is 10.3. The molecule has 0 aromatic carbocycles. The summed E-state index contributed by atoms with van der Waals surface area (Å²) >= 11 is 0. The van der Waals surface area contributed by atoms with Crippen LogP contribution in [-0.2, 0) is 9.31 Å². The fraction of sp³-hybridized carbons (Fsp3) is 0.643. The highest BCUT2D eigenvalue weighted by Crippen LogP contribution is 2.38. The molecule has 1 aromatic rings. The van der Waals surface area contributed by atoms with Crippen molar-refractivity contribution in [2.75, 3.05) is 0 Å². The minimum absolute atomic E-state index is 0.111. The van der Waals surface area contributed by atoms with Crippen LogP contribution in [0.4, 0.5) is 5.82 Å². The van der Waals surface area contributed by atoms with Crippen LogP contribution in [0.15, 0.2) is 22.5 Å². The van der Waals surface area contributed by atoms with E-state index in [4.69, 9.17) is 9.31 Å². The molecule has 20 heavy (non-hydrogen) atoms. The van der Waals surface area contributed by atoms with Gasteiger partial charge in [-0.1, -0.05) is 13.0 Å². The smallest absolute Gasteiger partial charge is 0.399 e. The van der Waals surface area contributed by atoms with Crippen molar-refractivity contribution in [2.24, 2.45) is 10.2 Å². The molecule has 1 fully saturated rings. The van der Waals surface area contributed by atoms with Crippen LogP contribution in [0.3, 0.4) is 0 Å². The van der Waals surface area contributed by atoms with Crippen LogP contribution in [-0.4, -0.2) is 23.3 Å². The summed E-state index contributed by atoms with van der Waals surface area (Å²) in [4.78, 5) is 4.38. The predicted molar refractivity (Wildman–Crippen MR) is 77.5 cm³/mol. The Morgan fingerprint density at radius 3 is 2.45 bits per heavy atom. The summed E-state index contributed by atoms with van der Waals surface area (Å²) in [7, 11) is -0.379. The number of fused-ring (bicyclic) bond motifs is 1. The lowest BCUT2D eigenvalue weighted by atomic mass is 9.79. The number of pyridine rings is 1. The molecule has 0 N–H and O–H groups in total. The van der Waals surface area contributed by atoms with Crippen LogP contribution in [0.25, 0.3) is 0 Å². The molecule has 0 unspecified atom stereocenters. The van der Waals surface area contributed by atoms with Crippen LogP contribution in [0, 0.1) is 0 Å². The predicted octanol–water partition coefficient (Wildman–Crippen LogP) is 2.93. The minimum atomic E-state index is -0.379. The van der Waals surface area contributed by atoms with E-state index >= 15 is 0 Å². The van der Waals surface area contributed by atoms with E-state index in [0.717, 1.165) is 23.3 Å². The average molecular weight is 273 g/mol. The van der Waals surface area contributed by atoms with E-state index in [-0.39, 0.29) is 24.4 Å². The van der Waals surface area contributed by atoms with Crippen LogP contribution in [0.2, 0.25) is 0 Å². The molecule has 0 spiro atoms. The first kappa shape index (κ1) is 13.7. The van der Waals surface area contributed by atoms with Crippen LogP contribution in [0.1, 0.15) is 52.6 Å². The van der Waals surface area contributed by atoms with Gasteiger partial charge >= 0.3 is 7.12 Å². The molecule has 1 saturated heterocycles. The second-order valence-electron chi connectivity index (χ2n) is 6.41. The summed E-state index contributed by atoms with van der Waals surface area (Å²) in [6, 6.07) is 2.18. The van der Waals surface area contributed by atoms with Gasteiger partial charge in [-0.15, -0.1) is 5.11 Å². The average Bonchev–Trinajstić information content (AvgIpc) is 2.87. The zero-order valence-electron chi connectivity index (χ0n) is 12.7. The van der Waals surface area contributed by atoms with E-state index < -0.39 is 0 Å². The Balaban J connectivity index is 1.91. The highest BCUT2D eigenvalue weighted by molar-refractivity contribution is 6.62. The largest absolute Gasteiger partial charge is 0.496 e. The number of azo groups is 1. The van der Waals surface area contributed by atoms with E-state index in [2.05, 4.69) is 28.2 Å². The molecular formula is C14H20BN3O2. The first-order chi connectivity index (χ1) is 9.34. The molecule has 1 aromatic heterocycles. The number of hydrogen-bond acceptors (Lipinski definition) is 5. The number of nitrogens with zero attached hydrogens (tertiary/aromatic N) is 3. The summed E-state index contributed by atoms with van der Waals surface area (Å²) in [5.74, 6) is 0.720. The molecule has 6 heteroatoms. The van der Waals surface area contributed by atoms with E-state index in [1.807, 2.05) is 27.7 Å². The standard InChI is InChI=1S/C14H20BN3O2/c1-6-11-10-7-9(8-16-12(10)18-17-11)15-19-13(2,3)14(4,5)20-15/h7-8,11H,6H2,1-5H3/t11-/m1/s1. The Hall–Kier alpha value is -1.27. The van der Waals surface area contributed by atoms with Crippen molar-refractivity contribution in [3.63, 3.8) is 0 Å². The van der Waals surface area contributed by atoms with Crippen LogP contribution >= 0.6 is 0 Å². The lowest BCUT2D eigenvalue weighted by Crippen LogP contribution is -2.41. The fourth-order valence-electron chi connectivity index (χ4n) is 2.42. The molecular weight excluding hydrogens is 253 g/mol. The molecule has 1 atom stereocenters. The number of aromatic nitrogens is 1. The Morgan fingerprint density at radius 1 is 1.20 bits per heavy atom. The quantitative estimate of drug-likeness (QED) is 0.778. The summed E-state index contributed by atoms with van der Waals surface area (Å²) in [6.07, 6.45) is 2.70. The molecule has 0 bridgehead atoms. The van der Waals surface area contributed by atoms with Crippen molar-refractivity contribution in [3.05, 3.63) is 17.8 Å². The highest BCUT2D eigenvalue weighted by Gasteiger charge is 2.52. The van der Waals surface area contributed by atoms with Gasteiger partial charge in [0.05, 0.1) is 17.2 Å². The van der Waals surface area contributed by atoms with Gasteiger partial charge < -0.3 is 9.31 Å². The van der Waals surface area contributed by atoms with Crippen molar-refractivity contribution in [1.29, 1.82) is 0 Å². The van der Waals surface area contributed by atoms with Gasteiger partial charge in [0.15, 0.2) is 5.82 Å². The second-order valence-corrected chi connectivity index (χ2v) is 6.41. The van der Waals surface area contributed by atoms with Gasteiger partial charge in [0, 0.05) is 17.2 Å². The highest BCUT2D eigenvalue weighted by atomic mass is 16.7. The van der Waals surface area contributed by atoms with Crippen LogP contribution < -0.4 is 5.46 Å². The van der Waals surface area contributed by atoms with Gasteiger partial charge in [-0.05, 0) is 34.1 Å². The molecule has 3 rings (SSSR count). The van der Waals surface area contributed by atoms with E-state index in [0.29, 0.717) is 0 Å². The Bertz CT molecular complexity index is 556. The summed E-state index contributed by atoms with van der Waals surface area (Å²) < 4.78 is 12.1. The zero-order valence-corrected chi connectivity index (χ0v) is 12.7. The molecule has 0 saturated carbocycles. The molecule has 0 radical (unpaired) electrons. The van der Waals surface area contributed by atoms with E-state index in [1.165, 1.54) is 0 Å². The zero-order chi connectivity index (χ0) is 14.5. The third-order valence-electron chi connectivity index (χ3n) is 4.48. The summed E-state index contributed by atoms with van der Waals surface area (Å²) in [5.41, 5.74) is 1.33. The maximum Gasteiger partial charge on any atom is 0.496 e. The first-order valence-corrected chi connectivity index (χ1v) is 7.10. The Morgan fingerprint density at radius 2 is 1.85 bits per heavy atom. The van der Waals surface area contributed by atoms with Crippen molar-refractivity contribution in [1.82, 2.24) is 4.98 Å². The van der Waals surface area contributed by atoms with Gasteiger partial charge in [0.2, 0.25) is 0 Å². The van der Waals surface area contributed by atoms with E-state index in [9.17, 15) is 0 Å². The summed E-state index contributed by atoms with van der Waals surface area (Å²) in [5, 5.41) is 8.34. The molecule has 106 valence electrons. The number of rotatable bonds is 2. The maximum absolute atomic E-state index is 6.06. The van der Waals surface area contributed by atoms with Crippen molar-refractivity contribution >= 4 is 18.4 Å².